The highest BCUT2D eigenvalue weighted by molar-refractivity contribution is 5.96. The van der Waals surface area contributed by atoms with E-state index in [0.29, 0.717) is 66.2 Å². The SMILES string of the molecule is COCCC[C@H]1Oc2c(cc(OC)c3cc(O)ccc23)[C@H](O[C@@H]2C[C@@H](O)C[C@H]3CCCN[C@H]32)[C@@H]1[C@H]1COc2c(Cc3cc(O)ccc3-c3cccc(O)c3)cc(OC3CCCC3)cc2[C@H]1O. The van der Waals surface area contributed by atoms with Crippen molar-refractivity contribution in [2.24, 2.45) is 17.8 Å². The van der Waals surface area contributed by atoms with Crippen LogP contribution in [0.15, 0.2) is 78.9 Å². The van der Waals surface area contributed by atoms with Crippen molar-refractivity contribution < 1.29 is 54.0 Å². The summed E-state index contributed by atoms with van der Waals surface area (Å²) in [5.41, 5.74) is 4.69. The minimum atomic E-state index is -1.03. The van der Waals surface area contributed by atoms with Gasteiger partial charge in [0.1, 0.15) is 46.4 Å². The summed E-state index contributed by atoms with van der Waals surface area (Å²) in [6, 6.07) is 23.5. The fraction of sp³-hybridized carbons (Fsp3) is 0.481. The predicted molar refractivity (Wildman–Crippen MR) is 250 cm³/mol. The Hall–Kier alpha value is -5.24. The molecule has 5 aromatic carbocycles. The van der Waals surface area contributed by atoms with Crippen molar-refractivity contribution in [3.05, 3.63) is 101 Å². The molecule has 12 heteroatoms. The maximum Gasteiger partial charge on any atom is 0.133 e. The van der Waals surface area contributed by atoms with E-state index >= 15 is 0 Å². The molecule has 0 radical (unpaired) electrons. The number of phenolic OH excluding ortho intramolecular Hbond substituents is 3. The van der Waals surface area contributed by atoms with Gasteiger partial charge < -0.3 is 59.3 Å². The van der Waals surface area contributed by atoms with Crippen LogP contribution in [0.25, 0.3) is 21.9 Å². The highest BCUT2D eigenvalue weighted by atomic mass is 16.5. The minimum Gasteiger partial charge on any atom is -0.508 e. The Labute approximate surface area is 386 Å². The number of benzene rings is 5. The molecule has 3 fully saturated rings. The molecule has 6 N–H and O–H groups in total. The van der Waals surface area contributed by atoms with Gasteiger partial charge in [-0.1, -0.05) is 18.2 Å². The lowest BCUT2D eigenvalue weighted by Gasteiger charge is -2.50. The molecular formula is C54H63NO11. The molecule has 5 aromatic rings. The van der Waals surface area contributed by atoms with Gasteiger partial charge in [0.2, 0.25) is 0 Å². The zero-order valence-electron chi connectivity index (χ0n) is 37.9. The molecule has 5 aliphatic rings. The first kappa shape index (κ1) is 44.6. The van der Waals surface area contributed by atoms with Crippen LogP contribution >= 0.6 is 0 Å². The summed E-state index contributed by atoms with van der Waals surface area (Å²) >= 11 is 0. The highest BCUT2D eigenvalue weighted by Crippen LogP contribution is 2.56. The van der Waals surface area contributed by atoms with Crippen molar-refractivity contribution in [3.63, 3.8) is 0 Å². The molecule has 350 valence electrons. The van der Waals surface area contributed by atoms with Crippen molar-refractivity contribution in [2.75, 3.05) is 34.0 Å². The number of phenols is 3. The number of hydrogen-bond acceptors (Lipinski definition) is 12. The molecule has 12 nitrogen and oxygen atoms in total. The van der Waals surface area contributed by atoms with Crippen molar-refractivity contribution in [1.82, 2.24) is 5.32 Å². The van der Waals surface area contributed by atoms with Crippen molar-refractivity contribution in [1.29, 1.82) is 0 Å². The van der Waals surface area contributed by atoms with Crippen LogP contribution in [-0.2, 0) is 15.9 Å². The Kier molecular flexibility index (Phi) is 12.9. The second-order valence-corrected chi connectivity index (χ2v) is 19.2. The Morgan fingerprint density at radius 2 is 1.59 bits per heavy atom. The van der Waals surface area contributed by atoms with Gasteiger partial charge in [0.05, 0.1) is 44.2 Å². The fourth-order valence-corrected chi connectivity index (χ4v) is 11.9. The molecule has 66 heavy (non-hydrogen) atoms. The molecule has 3 heterocycles. The number of nitrogens with one attached hydrogen (secondary N) is 1. The molecule has 0 amide bonds. The number of hydrogen-bond donors (Lipinski definition) is 6. The second kappa shape index (κ2) is 19.2. The number of aliphatic hydroxyl groups is 2. The van der Waals surface area contributed by atoms with Crippen molar-refractivity contribution in [3.8, 4) is 51.4 Å². The normalized spacial score (nSPS) is 27.3. The number of methoxy groups -OCH3 is 2. The van der Waals surface area contributed by atoms with Gasteiger partial charge in [-0.2, -0.15) is 0 Å². The van der Waals surface area contributed by atoms with Crippen LogP contribution in [0.1, 0.15) is 98.7 Å². The molecule has 9 atom stereocenters. The minimum absolute atomic E-state index is 0.0496. The number of piperidine rings is 1. The van der Waals surface area contributed by atoms with Gasteiger partial charge in [0.15, 0.2) is 0 Å². The number of ether oxygens (including phenoxy) is 6. The highest BCUT2D eigenvalue weighted by Gasteiger charge is 2.51. The van der Waals surface area contributed by atoms with E-state index in [1.807, 2.05) is 36.4 Å². The van der Waals surface area contributed by atoms with E-state index in [0.717, 1.165) is 84.7 Å². The lowest BCUT2D eigenvalue weighted by atomic mass is 9.71. The molecule has 2 saturated carbocycles. The van der Waals surface area contributed by atoms with Crippen LogP contribution < -0.4 is 24.3 Å². The Morgan fingerprint density at radius 1 is 0.773 bits per heavy atom. The lowest BCUT2D eigenvalue weighted by molar-refractivity contribution is -0.160. The number of aromatic hydroxyl groups is 3. The maximum absolute atomic E-state index is 13.1. The van der Waals surface area contributed by atoms with E-state index < -0.39 is 36.3 Å². The zero-order valence-corrected chi connectivity index (χ0v) is 37.9. The Balaban J connectivity index is 1.09. The number of fused-ring (bicyclic) bond motifs is 5. The van der Waals surface area contributed by atoms with Crippen LogP contribution in [-0.4, -0.2) is 90.0 Å². The summed E-state index contributed by atoms with van der Waals surface area (Å²) < 4.78 is 40.0. The Morgan fingerprint density at radius 3 is 2.41 bits per heavy atom. The largest absolute Gasteiger partial charge is 0.508 e. The van der Waals surface area contributed by atoms with Gasteiger partial charge in [-0.05, 0) is 148 Å². The number of aliphatic hydroxyl groups excluding tert-OH is 2. The standard InChI is InChI=1S/C54H63NO11/c1-61-19-7-13-46-49(54(66-48-26-37(59)22-31-9-6-18-55-50(31)48)44-28-47(62-2)42-25-36(58)15-17-41(42)53(44)65-46)45-29-63-52-33(24-39(27-43(52)51(45)60)64-38-11-3-4-12-38)20-32-23-35(57)14-16-40(32)30-8-5-10-34(56)21-30/h5,8,10,14-17,21,23-25,27-28,31,37-38,45-46,48-51,54-60H,3-4,6-7,9,11-13,18-20,22,26,29H2,1-2H3/t31-,37+,45-,46-,48-,49-,50-,51-,54+/m1/s1. The maximum atomic E-state index is 13.1. The lowest BCUT2D eigenvalue weighted by Crippen LogP contribution is -2.56. The third-order valence-corrected chi connectivity index (χ3v) is 15.0. The molecule has 0 bridgehead atoms. The van der Waals surface area contributed by atoms with E-state index in [4.69, 9.17) is 28.4 Å². The smallest absolute Gasteiger partial charge is 0.133 e. The summed E-state index contributed by atoms with van der Waals surface area (Å²) in [5, 5.41) is 61.6. The first-order chi connectivity index (χ1) is 32.1. The molecule has 0 aromatic heterocycles. The van der Waals surface area contributed by atoms with E-state index in [1.54, 1.807) is 56.7 Å². The molecule has 3 aliphatic heterocycles. The summed E-state index contributed by atoms with van der Waals surface area (Å²) in [7, 11) is 3.31. The summed E-state index contributed by atoms with van der Waals surface area (Å²) in [5.74, 6) is 2.11. The van der Waals surface area contributed by atoms with Gasteiger partial charge in [-0.25, -0.2) is 0 Å². The summed E-state index contributed by atoms with van der Waals surface area (Å²) in [6.45, 7) is 1.55. The average Bonchev–Trinajstić information content (AvgIpc) is 3.82. The van der Waals surface area contributed by atoms with Gasteiger partial charge in [0, 0.05) is 71.9 Å². The van der Waals surface area contributed by atoms with Crippen LogP contribution in [0.3, 0.4) is 0 Å². The molecule has 10 rings (SSSR count). The third-order valence-electron chi connectivity index (χ3n) is 15.0. The van der Waals surface area contributed by atoms with E-state index in [1.165, 1.54) is 0 Å². The van der Waals surface area contributed by atoms with E-state index in [-0.39, 0.29) is 48.0 Å². The van der Waals surface area contributed by atoms with Gasteiger partial charge in [-0.15, -0.1) is 0 Å². The molecule has 2 aliphatic carbocycles. The first-order valence-corrected chi connectivity index (χ1v) is 24.0. The van der Waals surface area contributed by atoms with E-state index in [9.17, 15) is 25.5 Å². The summed E-state index contributed by atoms with van der Waals surface area (Å²) in [4.78, 5) is 0. The quantitative estimate of drug-likeness (QED) is 0.0622. The van der Waals surface area contributed by atoms with Crippen LogP contribution in [0.2, 0.25) is 0 Å². The third kappa shape index (κ3) is 8.86. The summed E-state index contributed by atoms with van der Waals surface area (Å²) in [6.07, 6.45) is 6.12. The molecule has 1 saturated heterocycles. The number of rotatable bonds is 13. The van der Waals surface area contributed by atoms with Gasteiger partial charge in [0.25, 0.3) is 0 Å². The molecule has 0 spiro atoms. The van der Waals surface area contributed by atoms with Gasteiger partial charge in [-0.3, -0.25) is 0 Å². The first-order valence-electron chi connectivity index (χ1n) is 24.0. The monoisotopic (exact) mass is 901 g/mol. The van der Waals surface area contributed by atoms with Gasteiger partial charge >= 0.3 is 0 Å². The van der Waals surface area contributed by atoms with Crippen molar-refractivity contribution >= 4 is 10.8 Å². The topological polar surface area (TPSA) is 169 Å². The van der Waals surface area contributed by atoms with Crippen LogP contribution in [0.4, 0.5) is 0 Å². The molecule has 0 unspecified atom stereocenters. The van der Waals surface area contributed by atoms with Crippen LogP contribution in [0.5, 0.6) is 40.2 Å². The Bertz CT molecular complexity index is 2520. The average molecular weight is 902 g/mol. The van der Waals surface area contributed by atoms with Crippen LogP contribution in [0, 0.1) is 17.8 Å². The van der Waals surface area contributed by atoms with E-state index in [2.05, 4.69) is 5.32 Å². The predicted octanol–water partition coefficient (Wildman–Crippen LogP) is 9.04. The fourth-order valence-electron chi connectivity index (χ4n) is 11.9. The van der Waals surface area contributed by atoms with Crippen molar-refractivity contribution in [2.45, 2.75) is 113 Å². The molecular weight excluding hydrogens is 839 g/mol. The zero-order chi connectivity index (χ0) is 45.5. The second-order valence-electron chi connectivity index (χ2n) is 19.2.